The molecule has 148 valence electrons. The largest absolute Gasteiger partial charge is 0.378 e. The van der Waals surface area contributed by atoms with Crippen LogP contribution < -0.4 is 4.90 Å². The van der Waals surface area contributed by atoms with E-state index in [-0.39, 0.29) is 11.1 Å². The van der Waals surface area contributed by atoms with Crippen LogP contribution in [0, 0.1) is 0 Å². The lowest BCUT2D eigenvalue weighted by molar-refractivity contribution is -0.124. The summed E-state index contributed by atoms with van der Waals surface area (Å²) >= 11 is 1.04. The molecule has 0 N–H and O–H groups in total. The number of unbranched alkanes of at least 4 members (excludes halogenated alkanes) is 2. The Bertz CT molecular complexity index is 663. The number of amides is 2. The third kappa shape index (κ3) is 6.11. The predicted octanol–water partition coefficient (Wildman–Crippen LogP) is 4.65. The first-order chi connectivity index (χ1) is 13.0. The van der Waals surface area contributed by atoms with Gasteiger partial charge in [0.15, 0.2) is 0 Å². The smallest absolute Gasteiger partial charge is 0.294 e. The molecule has 1 aromatic carbocycles. The molecular weight excluding hydrogens is 358 g/mol. The van der Waals surface area contributed by atoms with Crippen molar-refractivity contribution in [3.05, 3.63) is 34.7 Å². The van der Waals surface area contributed by atoms with E-state index >= 15 is 0 Å². The highest BCUT2D eigenvalue weighted by Crippen LogP contribution is 2.32. The quantitative estimate of drug-likeness (QED) is 0.545. The topological polar surface area (TPSA) is 43.9 Å². The number of anilines is 1. The van der Waals surface area contributed by atoms with Gasteiger partial charge in [0.25, 0.3) is 11.1 Å². The number of hydrogen-bond donors (Lipinski definition) is 0. The first-order valence-corrected chi connectivity index (χ1v) is 10.5. The van der Waals surface area contributed by atoms with Crippen molar-refractivity contribution in [2.24, 2.45) is 0 Å². The second-order valence-corrected chi connectivity index (χ2v) is 8.06. The third-order valence-corrected chi connectivity index (χ3v) is 5.49. The Morgan fingerprint density at radius 1 is 1.00 bits per heavy atom. The van der Waals surface area contributed by atoms with Crippen LogP contribution in [0.25, 0.3) is 6.08 Å². The zero-order valence-electron chi connectivity index (χ0n) is 16.9. The molecule has 0 aliphatic carbocycles. The fraction of sp³-hybridized carbons (Fsp3) is 0.524. The highest BCUT2D eigenvalue weighted by molar-refractivity contribution is 8.18. The normalized spacial score (nSPS) is 16.0. The average molecular weight is 390 g/mol. The fourth-order valence-electron chi connectivity index (χ4n) is 2.86. The summed E-state index contributed by atoms with van der Waals surface area (Å²) in [7, 11) is 3.98. The first kappa shape index (κ1) is 21.5. The van der Waals surface area contributed by atoms with Crippen LogP contribution in [0.4, 0.5) is 10.5 Å². The zero-order valence-corrected chi connectivity index (χ0v) is 17.7. The van der Waals surface area contributed by atoms with E-state index in [1.807, 2.05) is 49.3 Å². The van der Waals surface area contributed by atoms with Gasteiger partial charge in [-0.3, -0.25) is 19.4 Å². The Morgan fingerprint density at radius 2 is 1.59 bits per heavy atom. The summed E-state index contributed by atoms with van der Waals surface area (Å²) in [6.45, 7) is 6.54. The summed E-state index contributed by atoms with van der Waals surface area (Å²) in [6.07, 6.45) is 6.18. The molecule has 0 unspecified atom stereocenters. The number of nitrogens with zero attached hydrogens (tertiary/aromatic N) is 3. The summed E-state index contributed by atoms with van der Waals surface area (Å²) in [5.41, 5.74) is 2.03. The van der Waals surface area contributed by atoms with Gasteiger partial charge in [0, 0.05) is 19.8 Å². The molecule has 5 nitrogen and oxygen atoms in total. The number of imide groups is 1. The van der Waals surface area contributed by atoms with Crippen molar-refractivity contribution in [2.75, 3.05) is 38.8 Å². The van der Waals surface area contributed by atoms with Gasteiger partial charge in [0.1, 0.15) is 0 Å². The SMILES string of the molecule is CCCCN(CCCC)CN1C(=O)S/C(=C/c2ccc(N(C)C)cc2)C1=O. The monoisotopic (exact) mass is 389 g/mol. The van der Waals surface area contributed by atoms with Crippen LogP contribution in [0.1, 0.15) is 45.1 Å². The number of rotatable bonds is 10. The van der Waals surface area contributed by atoms with Gasteiger partial charge in [-0.2, -0.15) is 0 Å². The maximum atomic E-state index is 12.8. The highest BCUT2D eigenvalue weighted by atomic mass is 32.2. The minimum atomic E-state index is -0.181. The summed E-state index contributed by atoms with van der Waals surface area (Å²) in [5.74, 6) is -0.181. The Balaban J connectivity index is 2.08. The fourth-order valence-corrected chi connectivity index (χ4v) is 3.69. The van der Waals surface area contributed by atoms with Gasteiger partial charge >= 0.3 is 0 Å². The van der Waals surface area contributed by atoms with E-state index in [0.29, 0.717) is 11.6 Å². The lowest BCUT2D eigenvalue weighted by Gasteiger charge is -2.26. The van der Waals surface area contributed by atoms with Gasteiger partial charge in [-0.15, -0.1) is 0 Å². The molecule has 0 bridgehead atoms. The minimum absolute atomic E-state index is 0.172. The number of thioether (sulfide) groups is 1. The van der Waals surface area contributed by atoms with Gasteiger partial charge in [-0.05, 0) is 61.5 Å². The lowest BCUT2D eigenvalue weighted by Crippen LogP contribution is -2.41. The van der Waals surface area contributed by atoms with Gasteiger partial charge < -0.3 is 4.90 Å². The molecule has 6 heteroatoms. The van der Waals surface area contributed by atoms with E-state index in [4.69, 9.17) is 0 Å². The van der Waals surface area contributed by atoms with E-state index < -0.39 is 0 Å². The summed E-state index contributed by atoms with van der Waals surface area (Å²) < 4.78 is 0. The number of benzene rings is 1. The van der Waals surface area contributed by atoms with Crippen LogP contribution in [-0.2, 0) is 4.79 Å². The van der Waals surface area contributed by atoms with Crippen molar-refractivity contribution < 1.29 is 9.59 Å². The van der Waals surface area contributed by atoms with E-state index in [1.54, 1.807) is 0 Å². The minimum Gasteiger partial charge on any atom is -0.378 e. The number of carbonyl (C=O) groups is 2. The number of hydrogen-bond acceptors (Lipinski definition) is 5. The maximum absolute atomic E-state index is 12.8. The van der Waals surface area contributed by atoms with Crippen LogP contribution >= 0.6 is 11.8 Å². The van der Waals surface area contributed by atoms with Crippen LogP contribution in [0.5, 0.6) is 0 Å². The molecule has 1 heterocycles. The molecular formula is C21H31N3O2S. The standard InChI is InChI=1S/C21H31N3O2S/c1-5-7-13-23(14-8-6-2)16-24-20(25)19(27-21(24)26)15-17-9-11-18(12-10-17)22(3)4/h9-12,15H,5-8,13-14,16H2,1-4H3/b19-15+. The molecule has 0 spiro atoms. The third-order valence-electron chi connectivity index (χ3n) is 4.58. The molecule has 0 atom stereocenters. The maximum Gasteiger partial charge on any atom is 0.294 e. The lowest BCUT2D eigenvalue weighted by atomic mass is 10.2. The number of carbonyl (C=O) groups excluding carboxylic acids is 2. The summed E-state index contributed by atoms with van der Waals surface area (Å²) in [6, 6.07) is 7.96. The Labute approximate surface area is 167 Å². The van der Waals surface area contributed by atoms with Crippen molar-refractivity contribution in [2.45, 2.75) is 39.5 Å². The first-order valence-electron chi connectivity index (χ1n) is 9.71. The van der Waals surface area contributed by atoms with Crippen LogP contribution in [0.15, 0.2) is 29.2 Å². The molecule has 1 aliphatic rings. The average Bonchev–Trinajstić information content (AvgIpc) is 2.91. The van der Waals surface area contributed by atoms with Crippen LogP contribution in [-0.4, -0.2) is 54.8 Å². The van der Waals surface area contributed by atoms with Crippen LogP contribution in [0.2, 0.25) is 0 Å². The van der Waals surface area contributed by atoms with Gasteiger partial charge in [-0.25, -0.2) is 0 Å². The van der Waals surface area contributed by atoms with Gasteiger partial charge in [-0.1, -0.05) is 38.8 Å². The molecule has 1 aromatic rings. The molecule has 0 saturated carbocycles. The predicted molar refractivity (Wildman–Crippen MR) is 115 cm³/mol. The van der Waals surface area contributed by atoms with E-state index in [0.717, 1.165) is 61.8 Å². The van der Waals surface area contributed by atoms with Crippen molar-refractivity contribution in [3.8, 4) is 0 Å². The highest BCUT2D eigenvalue weighted by Gasteiger charge is 2.35. The molecule has 1 aliphatic heterocycles. The van der Waals surface area contributed by atoms with Crippen LogP contribution in [0.3, 0.4) is 0 Å². The van der Waals surface area contributed by atoms with E-state index in [9.17, 15) is 9.59 Å². The molecule has 0 radical (unpaired) electrons. The Hall–Kier alpha value is -1.79. The Morgan fingerprint density at radius 3 is 2.11 bits per heavy atom. The molecule has 2 rings (SSSR count). The summed E-state index contributed by atoms with van der Waals surface area (Å²) in [4.78, 5) is 31.3. The molecule has 0 aromatic heterocycles. The van der Waals surface area contributed by atoms with Crippen molar-refractivity contribution in [1.82, 2.24) is 9.80 Å². The zero-order chi connectivity index (χ0) is 19.8. The van der Waals surface area contributed by atoms with Gasteiger partial charge in [0.2, 0.25) is 0 Å². The second kappa shape index (κ2) is 10.5. The molecule has 1 saturated heterocycles. The second-order valence-electron chi connectivity index (χ2n) is 7.06. The molecule has 27 heavy (non-hydrogen) atoms. The Kier molecular flexibility index (Phi) is 8.38. The van der Waals surface area contributed by atoms with E-state index in [2.05, 4.69) is 18.7 Å². The van der Waals surface area contributed by atoms with Crippen molar-refractivity contribution in [3.63, 3.8) is 0 Å². The van der Waals surface area contributed by atoms with Crippen molar-refractivity contribution >= 4 is 34.7 Å². The summed E-state index contributed by atoms with van der Waals surface area (Å²) in [5, 5.41) is -0.172. The van der Waals surface area contributed by atoms with Crippen molar-refractivity contribution in [1.29, 1.82) is 0 Å². The van der Waals surface area contributed by atoms with E-state index in [1.165, 1.54) is 4.90 Å². The molecule has 1 fully saturated rings. The molecule has 2 amide bonds. The van der Waals surface area contributed by atoms with Gasteiger partial charge in [0.05, 0.1) is 11.6 Å².